The topological polar surface area (TPSA) is 96.6 Å². The van der Waals surface area contributed by atoms with Crippen LogP contribution in [0, 0.1) is 10.1 Å². The van der Waals surface area contributed by atoms with Crippen LogP contribution in [0.3, 0.4) is 0 Å². The molecule has 0 bridgehead atoms. The first kappa shape index (κ1) is 23.8. The van der Waals surface area contributed by atoms with Gasteiger partial charge in [0.05, 0.1) is 11.5 Å². The predicted octanol–water partition coefficient (Wildman–Crippen LogP) is 3.35. The number of rotatable bonds is 7. The predicted molar refractivity (Wildman–Crippen MR) is 121 cm³/mol. The molecule has 1 aromatic rings. The lowest BCUT2D eigenvalue weighted by Crippen LogP contribution is -2.46. The molecule has 3 unspecified atom stereocenters. The van der Waals surface area contributed by atoms with Crippen molar-refractivity contribution in [1.29, 1.82) is 0 Å². The summed E-state index contributed by atoms with van der Waals surface area (Å²) in [7, 11) is -0.748. The second kappa shape index (κ2) is 12.3. The molecular formula is C18H29IN4O3S. The number of non-ortho nitro benzene ring substituents is 1. The highest BCUT2D eigenvalue weighted by molar-refractivity contribution is 14.0. The normalized spacial score (nSPS) is 21.0. The number of aliphatic imine (C=N–C) groups is 1. The van der Waals surface area contributed by atoms with Crippen LogP contribution in [0.2, 0.25) is 0 Å². The average molecular weight is 508 g/mol. The molecule has 152 valence electrons. The van der Waals surface area contributed by atoms with Crippen LogP contribution in [-0.2, 0) is 17.3 Å². The number of nitro groups is 1. The minimum absolute atomic E-state index is 0. The molecule has 2 N–H and O–H groups in total. The first-order valence-corrected chi connectivity index (χ1v) is 10.6. The van der Waals surface area contributed by atoms with Crippen molar-refractivity contribution in [3.63, 3.8) is 0 Å². The molecule has 1 aliphatic rings. The molecule has 3 atom stereocenters. The third kappa shape index (κ3) is 7.73. The molecule has 9 heteroatoms. The average Bonchev–Trinajstić information content (AvgIpc) is 2.66. The number of hydrogen-bond acceptors (Lipinski definition) is 4. The maximum absolute atomic E-state index is 12.1. The zero-order valence-corrected chi connectivity index (χ0v) is 19.0. The Bertz CT molecular complexity index is 655. The number of nitro benzene ring substituents is 1. The van der Waals surface area contributed by atoms with Gasteiger partial charge in [-0.25, -0.2) is 4.99 Å². The Balaban J connectivity index is 0.00000364. The highest BCUT2D eigenvalue weighted by Crippen LogP contribution is 2.23. The number of nitrogens with zero attached hydrogens (tertiary/aromatic N) is 2. The zero-order chi connectivity index (χ0) is 18.9. The van der Waals surface area contributed by atoms with Gasteiger partial charge in [0, 0.05) is 46.5 Å². The maximum atomic E-state index is 12.1. The van der Waals surface area contributed by atoms with Crippen LogP contribution in [0.4, 0.5) is 5.69 Å². The monoisotopic (exact) mass is 508 g/mol. The van der Waals surface area contributed by atoms with Crippen LogP contribution in [-0.4, -0.2) is 38.7 Å². The highest BCUT2D eigenvalue weighted by Gasteiger charge is 2.26. The van der Waals surface area contributed by atoms with E-state index in [0.29, 0.717) is 12.3 Å². The summed E-state index contributed by atoms with van der Waals surface area (Å²) in [5, 5.41) is 17.7. The van der Waals surface area contributed by atoms with Gasteiger partial charge >= 0.3 is 0 Å². The van der Waals surface area contributed by atoms with Crippen LogP contribution < -0.4 is 10.6 Å². The van der Waals surface area contributed by atoms with Gasteiger partial charge in [-0.05, 0) is 31.7 Å². The smallest absolute Gasteiger partial charge is 0.269 e. The van der Waals surface area contributed by atoms with Gasteiger partial charge in [-0.2, -0.15) is 0 Å². The van der Waals surface area contributed by atoms with E-state index in [1.807, 2.05) is 13.8 Å². The van der Waals surface area contributed by atoms with Crippen molar-refractivity contribution in [2.75, 3.05) is 12.3 Å². The van der Waals surface area contributed by atoms with Crippen LogP contribution in [0.15, 0.2) is 29.3 Å². The molecule has 0 saturated heterocycles. The Labute approximate surface area is 180 Å². The van der Waals surface area contributed by atoms with Crippen molar-refractivity contribution >= 4 is 46.4 Å². The fraction of sp³-hybridized carbons (Fsp3) is 0.611. The standard InChI is InChI=1S/C18H28N4O3S.HI/c1-3-19-18(20-13-14-8-10-16(11-9-14)22(23)24)21-15-6-5-7-17(12-15)26(25)4-2;/h8-11,15,17H,3-7,12-13H2,1-2H3,(H2,19,20,21);1H. The Morgan fingerprint density at radius 1 is 1.30 bits per heavy atom. The van der Waals surface area contributed by atoms with Gasteiger partial charge in [-0.15, -0.1) is 24.0 Å². The minimum atomic E-state index is -0.748. The van der Waals surface area contributed by atoms with Crippen LogP contribution in [0.1, 0.15) is 45.1 Å². The van der Waals surface area contributed by atoms with Crippen molar-refractivity contribution in [3.05, 3.63) is 39.9 Å². The summed E-state index contributed by atoms with van der Waals surface area (Å²) < 4.78 is 12.1. The van der Waals surface area contributed by atoms with E-state index in [1.54, 1.807) is 12.1 Å². The fourth-order valence-corrected chi connectivity index (χ4v) is 4.51. The fourth-order valence-electron chi connectivity index (χ4n) is 3.16. The van der Waals surface area contributed by atoms with Gasteiger partial charge < -0.3 is 10.6 Å². The third-order valence-electron chi connectivity index (χ3n) is 4.53. The highest BCUT2D eigenvalue weighted by atomic mass is 127. The molecule has 2 rings (SSSR count). The summed E-state index contributed by atoms with van der Waals surface area (Å²) in [5.74, 6) is 1.45. The molecule has 27 heavy (non-hydrogen) atoms. The van der Waals surface area contributed by atoms with Crippen molar-refractivity contribution in [2.45, 2.75) is 57.4 Å². The lowest BCUT2D eigenvalue weighted by molar-refractivity contribution is -0.384. The largest absolute Gasteiger partial charge is 0.357 e. The quantitative estimate of drug-likeness (QED) is 0.194. The van der Waals surface area contributed by atoms with E-state index in [1.165, 1.54) is 12.1 Å². The van der Waals surface area contributed by atoms with E-state index in [9.17, 15) is 14.3 Å². The molecule has 0 aliphatic heterocycles. The van der Waals surface area contributed by atoms with Gasteiger partial charge in [-0.3, -0.25) is 14.3 Å². The van der Waals surface area contributed by atoms with E-state index in [4.69, 9.17) is 0 Å². The number of benzene rings is 1. The van der Waals surface area contributed by atoms with Crippen LogP contribution >= 0.6 is 24.0 Å². The summed E-state index contributed by atoms with van der Waals surface area (Å²) in [6, 6.07) is 6.73. The van der Waals surface area contributed by atoms with Gasteiger partial charge in [-0.1, -0.05) is 25.5 Å². The summed E-state index contributed by atoms with van der Waals surface area (Å²) in [6.45, 7) is 5.19. The van der Waals surface area contributed by atoms with Crippen molar-refractivity contribution < 1.29 is 9.13 Å². The maximum Gasteiger partial charge on any atom is 0.269 e. The Morgan fingerprint density at radius 3 is 2.59 bits per heavy atom. The summed E-state index contributed by atoms with van der Waals surface area (Å²) in [4.78, 5) is 14.9. The summed E-state index contributed by atoms with van der Waals surface area (Å²) in [5.41, 5.74) is 1.00. The van der Waals surface area contributed by atoms with Gasteiger partial charge in [0.1, 0.15) is 0 Å². The molecule has 7 nitrogen and oxygen atoms in total. The second-order valence-electron chi connectivity index (χ2n) is 6.42. The van der Waals surface area contributed by atoms with E-state index < -0.39 is 15.7 Å². The molecule has 0 spiro atoms. The van der Waals surface area contributed by atoms with Crippen LogP contribution in [0.25, 0.3) is 0 Å². The third-order valence-corrected chi connectivity index (χ3v) is 6.28. The molecule has 0 aromatic heterocycles. The lowest BCUT2D eigenvalue weighted by Gasteiger charge is -2.30. The van der Waals surface area contributed by atoms with E-state index >= 15 is 0 Å². The lowest BCUT2D eigenvalue weighted by atomic mass is 9.95. The summed E-state index contributed by atoms with van der Waals surface area (Å²) in [6.07, 6.45) is 4.08. The molecule has 0 heterocycles. The Kier molecular flexibility index (Phi) is 10.8. The van der Waals surface area contributed by atoms with E-state index in [2.05, 4.69) is 15.6 Å². The van der Waals surface area contributed by atoms with E-state index in [0.717, 1.165) is 43.8 Å². The molecular weight excluding hydrogens is 479 g/mol. The van der Waals surface area contributed by atoms with Crippen molar-refractivity contribution in [2.24, 2.45) is 4.99 Å². The number of guanidine groups is 1. The minimum Gasteiger partial charge on any atom is -0.357 e. The van der Waals surface area contributed by atoms with Gasteiger partial charge in [0.25, 0.3) is 5.69 Å². The SMILES string of the molecule is CCNC(=NCc1ccc([N+](=O)[O-])cc1)NC1CCCC(S(=O)CC)C1.I. The van der Waals surface area contributed by atoms with Crippen molar-refractivity contribution in [3.8, 4) is 0 Å². The first-order valence-electron chi connectivity index (χ1n) is 9.18. The number of hydrogen-bond donors (Lipinski definition) is 2. The molecule has 1 aromatic carbocycles. The Morgan fingerprint density at radius 2 is 2.00 bits per heavy atom. The van der Waals surface area contributed by atoms with E-state index in [-0.39, 0.29) is 41.0 Å². The van der Waals surface area contributed by atoms with Crippen LogP contribution in [0.5, 0.6) is 0 Å². The molecule has 1 saturated carbocycles. The molecule has 1 fully saturated rings. The van der Waals surface area contributed by atoms with Crippen molar-refractivity contribution in [1.82, 2.24) is 10.6 Å². The number of halogens is 1. The Hall–Kier alpha value is -1.23. The van der Waals surface area contributed by atoms with Gasteiger partial charge in [0.15, 0.2) is 5.96 Å². The molecule has 0 radical (unpaired) electrons. The first-order chi connectivity index (χ1) is 12.5. The second-order valence-corrected chi connectivity index (χ2v) is 8.42. The number of nitrogens with one attached hydrogen (secondary N) is 2. The molecule has 0 amide bonds. The summed E-state index contributed by atoms with van der Waals surface area (Å²) >= 11 is 0. The van der Waals surface area contributed by atoms with Gasteiger partial charge in [0.2, 0.25) is 0 Å². The zero-order valence-electron chi connectivity index (χ0n) is 15.8. The molecule has 1 aliphatic carbocycles.